The van der Waals surface area contributed by atoms with Gasteiger partial charge in [-0.1, -0.05) is 25.5 Å². The molecule has 0 radical (unpaired) electrons. The topological polar surface area (TPSA) is 20.2 Å². The Morgan fingerprint density at radius 2 is 2.19 bits per heavy atom. The third-order valence-corrected chi connectivity index (χ3v) is 6.43. The molecule has 3 rings (SSSR count). The van der Waals surface area contributed by atoms with Crippen LogP contribution in [0.15, 0.2) is 11.6 Å². The van der Waals surface area contributed by atoms with Crippen LogP contribution in [0.1, 0.15) is 46.5 Å². The minimum atomic E-state index is 0.168. The van der Waals surface area contributed by atoms with Gasteiger partial charge in [-0.3, -0.25) is 0 Å². The van der Waals surface area contributed by atoms with Gasteiger partial charge in [-0.15, -0.1) is 0 Å². The van der Waals surface area contributed by atoms with Crippen LogP contribution in [-0.2, 0) is 0 Å². The Hall–Kier alpha value is -0.300. The first kappa shape index (κ1) is 10.8. The molecule has 1 N–H and O–H groups in total. The predicted octanol–water partition coefficient (Wildman–Crippen LogP) is 3.39. The molecule has 2 fully saturated rings. The predicted molar refractivity (Wildman–Crippen MR) is 66.0 cm³/mol. The third-order valence-electron chi connectivity index (χ3n) is 6.43. The van der Waals surface area contributed by atoms with Crippen LogP contribution >= 0.6 is 0 Å². The van der Waals surface area contributed by atoms with Crippen LogP contribution in [0.2, 0.25) is 0 Å². The Bertz CT molecular complexity index is 345. The average molecular weight is 220 g/mol. The van der Waals surface area contributed by atoms with Crippen LogP contribution in [0, 0.1) is 28.6 Å². The molecule has 2 saturated carbocycles. The summed E-state index contributed by atoms with van der Waals surface area (Å²) in [5.41, 5.74) is 2.26. The van der Waals surface area contributed by atoms with E-state index in [1.165, 1.54) is 25.7 Å². The Morgan fingerprint density at radius 1 is 1.44 bits per heavy atom. The number of allylic oxidation sites excluding steroid dienone is 2. The lowest BCUT2D eigenvalue weighted by Gasteiger charge is -2.37. The lowest BCUT2D eigenvalue weighted by molar-refractivity contribution is 0.0509. The van der Waals surface area contributed by atoms with Crippen molar-refractivity contribution in [2.75, 3.05) is 6.61 Å². The minimum Gasteiger partial charge on any atom is -0.396 e. The van der Waals surface area contributed by atoms with Gasteiger partial charge in [0.2, 0.25) is 0 Å². The normalized spacial score (nSPS) is 55.0. The number of fused-ring (bicyclic) bond motifs is 1. The molecule has 2 bridgehead atoms. The van der Waals surface area contributed by atoms with Gasteiger partial charge in [-0.2, -0.15) is 0 Å². The van der Waals surface area contributed by atoms with Crippen LogP contribution in [0.25, 0.3) is 0 Å². The van der Waals surface area contributed by atoms with Gasteiger partial charge in [0.1, 0.15) is 0 Å². The Balaban J connectivity index is 2.10. The highest BCUT2D eigenvalue weighted by atomic mass is 16.3. The van der Waals surface area contributed by atoms with Crippen LogP contribution in [0.4, 0.5) is 0 Å². The van der Waals surface area contributed by atoms with E-state index >= 15 is 0 Å². The fourth-order valence-electron chi connectivity index (χ4n) is 5.34. The summed E-state index contributed by atoms with van der Waals surface area (Å²) in [5.74, 6) is 2.27. The molecule has 0 aliphatic heterocycles. The molecule has 0 unspecified atom stereocenters. The van der Waals surface area contributed by atoms with Crippen molar-refractivity contribution in [3.8, 4) is 0 Å². The van der Waals surface area contributed by atoms with E-state index in [1.54, 1.807) is 5.57 Å². The van der Waals surface area contributed by atoms with E-state index < -0.39 is 0 Å². The molecular weight excluding hydrogens is 196 g/mol. The molecule has 1 heteroatoms. The summed E-state index contributed by atoms with van der Waals surface area (Å²) in [6.45, 7) is 7.43. The van der Waals surface area contributed by atoms with E-state index in [9.17, 15) is 5.11 Å². The Labute approximate surface area is 98.9 Å². The fourth-order valence-corrected chi connectivity index (χ4v) is 5.34. The van der Waals surface area contributed by atoms with E-state index in [0.29, 0.717) is 17.9 Å². The first-order valence-electron chi connectivity index (χ1n) is 6.82. The third kappa shape index (κ3) is 1.01. The van der Waals surface area contributed by atoms with Crippen molar-refractivity contribution in [2.45, 2.75) is 46.5 Å². The molecule has 3 aliphatic rings. The summed E-state index contributed by atoms with van der Waals surface area (Å²) in [6, 6.07) is 0. The minimum absolute atomic E-state index is 0.168. The van der Waals surface area contributed by atoms with Gasteiger partial charge in [0.15, 0.2) is 0 Å². The van der Waals surface area contributed by atoms with Crippen LogP contribution in [0.5, 0.6) is 0 Å². The molecular formula is C15H24O. The van der Waals surface area contributed by atoms with E-state index in [2.05, 4.69) is 26.8 Å². The molecule has 0 amide bonds. The number of aliphatic hydroxyl groups excluding tert-OH is 1. The summed E-state index contributed by atoms with van der Waals surface area (Å²) >= 11 is 0. The monoisotopic (exact) mass is 220 g/mol. The van der Waals surface area contributed by atoms with Gasteiger partial charge < -0.3 is 5.11 Å². The molecule has 0 aromatic carbocycles. The quantitative estimate of drug-likeness (QED) is 0.672. The molecule has 90 valence electrons. The fraction of sp³-hybridized carbons (Fsp3) is 0.867. The summed E-state index contributed by atoms with van der Waals surface area (Å²) in [4.78, 5) is 0. The van der Waals surface area contributed by atoms with Crippen molar-refractivity contribution >= 4 is 0 Å². The second-order valence-electron chi connectivity index (χ2n) is 6.84. The maximum absolute atomic E-state index is 9.89. The van der Waals surface area contributed by atoms with E-state index in [4.69, 9.17) is 0 Å². The molecule has 0 aromatic heterocycles. The largest absolute Gasteiger partial charge is 0.396 e. The van der Waals surface area contributed by atoms with Crippen LogP contribution < -0.4 is 0 Å². The second-order valence-corrected chi connectivity index (χ2v) is 6.84. The van der Waals surface area contributed by atoms with Gasteiger partial charge in [0.05, 0.1) is 0 Å². The first-order valence-corrected chi connectivity index (χ1v) is 6.82. The number of rotatable bonds is 1. The highest BCUT2D eigenvalue weighted by molar-refractivity contribution is 5.26. The first-order chi connectivity index (χ1) is 7.54. The van der Waals surface area contributed by atoms with E-state index in [-0.39, 0.29) is 5.41 Å². The van der Waals surface area contributed by atoms with Crippen molar-refractivity contribution < 1.29 is 5.11 Å². The van der Waals surface area contributed by atoms with Gasteiger partial charge in [0, 0.05) is 12.0 Å². The van der Waals surface area contributed by atoms with Gasteiger partial charge in [-0.25, -0.2) is 0 Å². The van der Waals surface area contributed by atoms with Gasteiger partial charge >= 0.3 is 0 Å². The zero-order chi connectivity index (χ0) is 11.6. The SMILES string of the molecule is CC1=CC[C@]23C[C@H]1[C@@](C)(CO)[C@@H]2CC[C@H]3C. The van der Waals surface area contributed by atoms with E-state index in [0.717, 1.165) is 11.8 Å². The maximum atomic E-state index is 9.89. The highest BCUT2D eigenvalue weighted by Crippen LogP contribution is 2.71. The van der Waals surface area contributed by atoms with E-state index in [1.807, 2.05) is 0 Å². The van der Waals surface area contributed by atoms with Crippen molar-refractivity contribution in [1.82, 2.24) is 0 Å². The smallest absolute Gasteiger partial charge is 0.0493 e. The lowest BCUT2D eigenvalue weighted by Crippen LogP contribution is -2.35. The maximum Gasteiger partial charge on any atom is 0.0493 e. The summed E-state index contributed by atoms with van der Waals surface area (Å²) in [5, 5.41) is 9.89. The van der Waals surface area contributed by atoms with Crippen LogP contribution in [-0.4, -0.2) is 11.7 Å². The molecule has 0 saturated heterocycles. The lowest BCUT2D eigenvalue weighted by atomic mass is 9.68. The molecule has 3 aliphatic carbocycles. The van der Waals surface area contributed by atoms with Crippen molar-refractivity contribution in [2.24, 2.45) is 28.6 Å². The number of aliphatic hydroxyl groups is 1. The zero-order valence-electron chi connectivity index (χ0n) is 10.8. The Morgan fingerprint density at radius 3 is 2.88 bits per heavy atom. The summed E-state index contributed by atoms with van der Waals surface area (Å²) < 4.78 is 0. The second kappa shape index (κ2) is 3.13. The highest BCUT2D eigenvalue weighted by Gasteiger charge is 2.64. The zero-order valence-corrected chi connectivity index (χ0v) is 10.8. The summed E-state index contributed by atoms with van der Waals surface area (Å²) in [6.07, 6.45) is 7.81. The van der Waals surface area contributed by atoms with Crippen molar-refractivity contribution in [1.29, 1.82) is 0 Å². The molecule has 0 aromatic rings. The molecule has 1 spiro atoms. The molecule has 1 nitrogen and oxygen atoms in total. The van der Waals surface area contributed by atoms with Crippen molar-refractivity contribution in [3.05, 3.63) is 11.6 Å². The molecule has 0 heterocycles. The number of hydrogen-bond donors (Lipinski definition) is 1. The standard InChI is InChI=1S/C15H24O/c1-10-6-7-15-8-12(10)14(3,9-16)13(15)5-4-11(15)2/h6,11-13,16H,4-5,7-9H2,1-3H3/t11-,12-,13+,14-,15-/m1/s1. The van der Waals surface area contributed by atoms with Crippen molar-refractivity contribution in [3.63, 3.8) is 0 Å². The molecule has 16 heavy (non-hydrogen) atoms. The number of hydrogen-bond acceptors (Lipinski definition) is 1. The summed E-state index contributed by atoms with van der Waals surface area (Å²) in [7, 11) is 0. The van der Waals surface area contributed by atoms with Gasteiger partial charge in [-0.05, 0) is 55.8 Å². The van der Waals surface area contributed by atoms with Gasteiger partial charge in [0.25, 0.3) is 0 Å². The van der Waals surface area contributed by atoms with Crippen LogP contribution in [0.3, 0.4) is 0 Å². The Kier molecular flexibility index (Phi) is 2.12. The average Bonchev–Trinajstić information content (AvgIpc) is 2.70. The molecule has 5 atom stereocenters.